The van der Waals surface area contributed by atoms with E-state index in [1.54, 1.807) is 27.0 Å². The lowest BCUT2D eigenvalue weighted by molar-refractivity contribution is -0.137. The topological polar surface area (TPSA) is 104 Å². The number of aromatic nitrogens is 2. The molecule has 1 aliphatic heterocycles. The van der Waals surface area contributed by atoms with Crippen molar-refractivity contribution in [3.63, 3.8) is 0 Å². The number of fused-ring (bicyclic) bond motifs is 1. The molecule has 37 heavy (non-hydrogen) atoms. The number of benzene rings is 2. The van der Waals surface area contributed by atoms with E-state index in [1.165, 1.54) is 6.07 Å². The SMILES string of the molecule is COCCOc1cc2c(N[C@H](C)c3cc(N)cc(C(F)(F)F)c3)nc(C)nc2cc1OC1CCNCC1. The monoisotopic (exact) mass is 519 g/mol. The van der Waals surface area contributed by atoms with Gasteiger partial charge in [0.1, 0.15) is 24.4 Å². The first-order valence-corrected chi connectivity index (χ1v) is 12.2. The van der Waals surface area contributed by atoms with Crippen LogP contribution >= 0.6 is 0 Å². The van der Waals surface area contributed by atoms with Crippen molar-refractivity contribution in [1.82, 2.24) is 15.3 Å². The highest BCUT2D eigenvalue weighted by atomic mass is 19.4. The van der Waals surface area contributed by atoms with Crippen LogP contribution in [0.25, 0.3) is 10.9 Å². The third-order valence-corrected chi connectivity index (χ3v) is 6.16. The molecule has 0 bridgehead atoms. The second-order valence-electron chi connectivity index (χ2n) is 9.10. The molecule has 8 nitrogen and oxygen atoms in total. The Balaban J connectivity index is 1.69. The van der Waals surface area contributed by atoms with E-state index in [-0.39, 0.29) is 11.8 Å². The average Bonchev–Trinajstić information content (AvgIpc) is 2.84. The molecular formula is C26H32F3N5O3. The van der Waals surface area contributed by atoms with Gasteiger partial charge in [-0.2, -0.15) is 13.2 Å². The first kappa shape index (κ1) is 26.7. The number of nitrogen functional groups attached to an aromatic ring is 1. The summed E-state index contributed by atoms with van der Waals surface area (Å²) in [5.41, 5.74) is 6.04. The van der Waals surface area contributed by atoms with Crippen LogP contribution in [0.4, 0.5) is 24.7 Å². The van der Waals surface area contributed by atoms with E-state index >= 15 is 0 Å². The highest BCUT2D eigenvalue weighted by molar-refractivity contribution is 5.92. The van der Waals surface area contributed by atoms with Crippen LogP contribution in [-0.2, 0) is 10.9 Å². The summed E-state index contributed by atoms with van der Waals surface area (Å²) in [4.78, 5) is 9.11. The molecule has 0 spiro atoms. The van der Waals surface area contributed by atoms with Crippen molar-refractivity contribution in [2.24, 2.45) is 0 Å². The van der Waals surface area contributed by atoms with Gasteiger partial charge in [-0.3, -0.25) is 0 Å². The van der Waals surface area contributed by atoms with Crippen molar-refractivity contribution in [1.29, 1.82) is 0 Å². The molecule has 0 saturated carbocycles. The van der Waals surface area contributed by atoms with Gasteiger partial charge in [0.15, 0.2) is 11.5 Å². The Morgan fingerprint density at radius 3 is 2.54 bits per heavy atom. The van der Waals surface area contributed by atoms with Crippen molar-refractivity contribution in [3.8, 4) is 11.5 Å². The van der Waals surface area contributed by atoms with Crippen molar-refractivity contribution in [2.75, 3.05) is 44.5 Å². The number of anilines is 2. The van der Waals surface area contributed by atoms with Crippen LogP contribution in [0.5, 0.6) is 11.5 Å². The van der Waals surface area contributed by atoms with Gasteiger partial charge in [0, 0.05) is 24.2 Å². The lowest BCUT2D eigenvalue weighted by atomic mass is 10.0. The highest BCUT2D eigenvalue weighted by Crippen LogP contribution is 2.38. The fourth-order valence-corrected chi connectivity index (χ4v) is 4.27. The number of aryl methyl sites for hydroxylation is 1. The van der Waals surface area contributed by atoms with Crippen LogP contribution in [0.2, 0.25) is 0 Å². The van der Waals surface area contributed by atoms with Crippen molar-refractivity contribution < 1.29 is 27.4 Å². The average molecular weight is 520 g/mol. The second-order valence-corrected chi connectivity index (χ2v) is 9.10. The number of nitrogens with zero attached hydrogens (tertiary/aromatic N) is 2. The van der Waals surface area contributed by atoms with Gasteiger partial charge in [-0.1, -0.05) is 0 Å². The number of hydrogen-bond acceptors (Lipinski definition) is 8. The van der Waals surface area contributed by atoms with E-state index in [4.69, 9.17) is 19.9 Å². The molecule has 0 unspecified atom stereocenters. The van der Waals surface area contributed by atoms with Gasteiger partial charge < -0.3 is 30.6 Å². The number of ether oxygens (including phenoxy) is 3. The van der Waals surface area contributed by atoms with E-state index in [9.17, 15) is 13.2 Å². The minimum absolute atomic E-state index is 0.0377. The molecule has 1 aliphatic rings. The predicted octanol–water partition coefficient (Wildman–Crippen LogP) is 4.87. The molecule has 1 saturated heterocycles. The number of rotatable bonds is 9. The van der Waals surface area contributed by atoms with Gasteiger partial charge in [0.05, 0.1) is 23.7 Å². The van der Waals surface area contributed by atoms with E-state index in [1.807, 2.05) is 6.07 Å². The summed E-state index contributed by atoms with van der Waals surface area (Å²) in [6.07, 6.45) is -2.69. The zero-order valence-electron chi connectivity index (χ0n) is 21.1. The molecule has 0 amide bonds. The third kappa shape index (κ3) is 6.72. The highest BCUT2D eigenvalue weighted by Gasteiger charge is 2.31. The Morgan fingerprint density at radius 2 is 1.84 bits per heavy atom. The van der Waals surface area contributed by atoms with Gasteiger partial charge in [-0.25, -0.2) is 9.97 Å². The lowest BCUT2D eigenvalue weighted by Crippen LogP contribution is -2.34. The Kier molecular flexibility index (Phi) is 8.23. The first-order chi connectivity index (χ1) is 17.6. The van der Waals surface area contributed by atoms with E-state index < -0.39 is 17.8 Å². The summed E-state index contributed by atoms with van der Waals surface area (Å²) in [5.74, 6) is 2.08. The predicted molar refractivity (Wildman–Crippen MR) is 136 cm³/mol. The van der Waals surface area contributed by atoms with Gasteiger partial charge in [-0.05, 0) is 69.6 Å². The first-order valence-electron chi connectivity index (χ1n) is 12.2. The van der Waals surface area contributed by atoms with Crippen LogP contribution in [0.1, 0.15) is 42.8 Å². The maximum Gasteiger partial charge on any atom is 0.416 e. The Labute approximate surface area is 213 Å². The number of hydrogen-bond donors (Lipinski definition) is 3. The molecule has 0 aliphatic carbocycles. The van der Waals surface area contributed by atoms with Gasteiger partial charge >= 0.3 is 6.18 Å². The maximum absolute atomic E-state index is 13.3. The summed E-state index contributed by atoms with van der Waals surface area (Å²) in [7, 11) is 1.59. The fourth-order valence-electron chi connectivity index (χ4n) is 4.27. The fraction of sp³-hybridized carbons (Fsp3) is 0.462. The Bertz CT molecular complexity index is 1230. The summed E-state index contributed by atoms with van der Waals surface area (Å²) in [6, 6.07) is 6.64. The van der Waals surface area contributed by atoms with Gasteiger partial charge in [-0.15, -0.1) is 0 Å². The molecule has 1 aromatic heterocycles. The zero-order chi connectivity index (χ0) is 26.6. The molecule has 4 N–H and O–H groups in total. The molecule has 2 heterocycles. The zero-order valence-corrected chi connectivity index (χ0v) is 21.1. The molecule has 1 fully saturated rings. The summed E-state index contributed by atoms with van der Waals surface area (Å²) < 4.78 is 57.4. The maximum atomic E-state index is 13.3. The molecule has 200 valence electrons. The van der Waals surface area contributed by atoms with Crippen molar-refractivity contribution in [2.45, 2.75) is 45.0 Å². The number of piperidine rings is 1. The molecule has 2 aromatic carbocycles. The Hall–Kier alpha value is -3.31. The number of halogens is 3. The van der Waals surface area contributed by atoms with Crippen molar-refractivity contribution in [3.05, 3.63) is 47.3 Å². The van der Waals surface area contributed by atoms with Gasteiger partial charge in [0.25, 0.3) is 0 Å². The molecule has 11 heteroatoms. The summed E-state index contributed by atoms with van der Waals surface area (Å²) >= 11 is 0. The standard InChI is InChI=1S/C26H32F3N5O3/c1-15(17-10-18(26(27,28)29)12-19(30)11-17)32-25-21-13-23(36-9-8-35-3)24(14-22(21)33-16(2)34-25)37-20-4-6-31-7-5-20/h10-15,20,31H,4-9,30H2,1-3H3,(H,32,33,34)/t15-/m1/s1. The smallest absolute Gasteiger partial charge is 0.416 e. The molecule has 1 atom stereocenters. The van der Waals surface area contributed by atoms with Crippen LogP contribution in [-0.4, -0.2) is 49.5 Å². The minimum Gasteiger partial charge on any atom is -0.487 e. The molecule has 4 rings (SSSR count). The quantitative estimate of drug-likeness (QED) is 0.272. The van der Waals surface area contributed by atoms with E-state index in [2.05, 4.69) is 20.6 Å². The molecule has 3 aromatic rings. The lowest BCUT2D eigenvalue weighted by Gasteiger charge is -2.25. The molecular weight excluding hydrogens is 487 g/mol. The normalized spacial score (nSPS) is 15.5. The summed E-state index contributed by atoms with van der Waals surface area (Å²) in [5, 5.41) is 7.22. The Morgan fingerprint density at radius 1 is 1.08 bits per heavy atom. The number of nitrogens with one attached hydrogen (secondary N) is 2. The van der Waals surface area contributed by atoms with Crippen molar-refractivity contribution >= 4 is 22.4 Å². The molecule has 0 radical (unpaired) electrons. The number of nitrogens with two attached hydrogens (primary N) is 1. The van der Waals surface area contributed by atoms with Crippen LogP contribution in [0, 0.1) is 6.92 Å². The van der Waals surface area contributed by atoms with Crippen LogP contribution in [0.3, 0.4) is 0 Å². The van der Waals surface area contributed by atoms with E-state index in [0.29, 0.717) is 52.8 Å². The van der Waals surface area contributed by atoms with Crippen LogP contribution < -0.4 is 25.8 Å². The number of methoxy groups -OCH3 is 1. The van der Waals surface area contributed by atoms with Crippen LogP contribution in [0.15, 0.2) is 30.3 Å². The third-order valence-electron chi connectivity index (χ3n) is 6.16. The van der Waals surface area contributed by atoms with Gasteiger partial charge in [0.2, 0.25) is 0 Å². The minimum atomic E-state index is -4.50. The summed E-state index contributed by atoms with van der Waals surface area (Å²) in [6.45, 7) is 5.99. The number of alkyl halides is 3. The second kappa shape index (κ2) is 11.4. The largest absolute Gasteiger partial charge is 0.487 e. The van der Waals surface area contributed by atoms with E-state index in [0.717, 1.165) is 38.1 Å².